The number of benzene rings is 1. The summed E-state index contributed by atoms with van der Waals surface area (Å²) in [6, 6.07) is 9.64. The number of rotatable bonds is 5. The zero-order chi connectivity index (χ0) is 16.2. The van der Waals surface area contributed by atoms with Crippen LogP contribution in [0.3, 0.4) is 0 Å². The van der Waals surface area contributed by atoms with Gasteiger partial charge in [0.15, 0.2) is 0 Å². The minimum Gasteiger partial charge on any atom is -0.497 e. The molecule has 0 saturated carbocycles. The quantitative estimate of drug-likeness (QED) is 0.862. The molecular formula is C18H21N3O2. The van der Waals surface area contributed by atoms with Crippen LogP contribution in [-0.4, -0.2) is 40.7 Å². The van der Waals surface area contributed by atoms with Crippen LogP contribution in [0.1, 0.15) is 30.3 Å². The first-order valence-corrected chi connectivity index (χ1v) is 7.90. The predicted molar refractivity (Wildman–Crippen MR) is 89.4 cm³/mol. The van der Waals surface area contributed by atoms with Gasteiger partial charge in [-0.2, -0.15) is 5.10 Å². The first-order chi connectivity index (χ1) is 11.2. The van der Waals surface area contributed by atoms with Gasteiger partial charge in [0.2, 0.25) is 0 Å². The molecule has 0 saturated heterocycles. The minimum atomic E-state index is -0.00454. The Balaban J connectivity index is 1.80. The molecule has 23 heavy (non-hydrogen) atoms. The number of aromatic nitrogens is 2. The SMILES string of the molecule is CCC[C@H]1C=CCN1C(=O)c1cc(-c2cccc(OC)c2)n[nH]1. The Morgan fingerprint density at radius 2 is 2.30 bits per heavy atom. The fourth-order valence-corrected chi connectivity index (χ4v) is 2.87. The average molecular weight is 311 g/mol. The molecule has 0 spiro atoms. The molecular weight excluding hydrogens is 290 g/mol. The molecule has 3 rings (SSSR count). The van der Waals surface area contributed by atoms with Gasteiger partial charge in [-0.3, -0.25) is 9.89 Å². The van der Waals surface area contributed by atoms with Crippen LogP contribution in [0.25, 0.3) is 11.3 Å². The molecule has 1 N–H and O–H groups in total. The molecule has 5 nitrogen and oxygen atoms in total. The van der Waals surface area contributed by atoms with Crippen molar-refractivity contribution in [3.05, 3.63) is 48.2 Å². The number of hydrogen-bond donors (Lipinski definition) is 1. The van der Waals surface area contributed by atoms with Gasteiger partial charge in [-0.05, 0) is 24.6 Å². The van der Waals surface area contributed by atoms with Crippen molar-refractivity contribution in [3.8, 4) is 17.0 Å². The standard InChI is InChI=1S/C18H21N3O2/c1-3-6-14-8-5-10-21(14)18(22)17-12-16(19-20-17)13-7-4-9-15(11-13)23-2/h4-5,7-9,11-12,14H,3,6,10H2,1-2H3,(H,19,20)/t14-/m0/s1. The molecule has 0 aliphatic carbocycles. The number of H-pyrrole nitrogens is 1. The largest absolute Gasteiger partial charge is 0.497 e. The highest BCUT2D eigenvalue weighted by molar-refractivity contribution is 5.94. The molecule has 1 aromatic heterocycles. The summed E-state index contributed by atoms with van der Waals surface area (Å²) >= 11 is 0. The Bertz CT molecular complexity index is 721. The Morgan fingerprint density at radius 3 is 3.09 bits per heavy atom. The maximum absolute atomic E-state index is 12.7. The number of carbonyl (C=O) groups is 1. The van der Waals surface area contributed by atoms with Gasteiger partial charge < -0.3 is 9.64 Å². The number of methoxy groups -OCH3 is 1. The Kier molecular flexibility index (Phi) is 4.46. The van der Waals surface area contributed by atoms with Gasteiger partial charge in [-0.15, -0.1) is 0 Å². The van der Waals surface area contributed by atoms with Gasteiger partial charge in [0.05, 0.1) is 18.8 Å². The van der Waals surface area contributed by atoms with Crippen LogP contribution >= 0.6 is 0 Å². The molecule has 0 fully saturated rings. The molecule has 0 unspecified atom stereocenters. The summed E-state index contributed by atoms with van der Waals surface area (Å²) in [6.07, 6.45) is 6.20. The molecule has 2 aromatic rings. The highest BCUT2D eigenvalue weighted by Crippen LogP contribution is 2.24. The summed E-state index contributed by atoms with van der Waals surface area (Å²) in [6.45, 7) is 2.79. The van der Waals surface area contributed by atoms with Gasteiger partial charge in [0, 0.05) is 12.1 Å². The summed E-state index contributed by atoms with van der Waals surface area (Å²) < 4.78 is 5.23. The highest BCUT2D eigenvalue weighted by atomic mass is 16.5. The predicted octanol–water partition coefficient (Wildman–Crippen LogP) is 3.27. The Morgan fingerprint density at radius 1 is 1.43 bits per heavy atom. The van der Waals surface area contributed by atoms with Crippen molar-refractivity contribution < 1.29 is 9.53 Å². The highest BCUT2D eigenvalue weighted by Gasteiger charge is 2.26. The van der Waals surface area contributed by atoms with Gasteiger partial charge in [0.25, 0.3) is 5.91 Å². The van der Waals surface area contributed by atoms with Crippen molar-refractivity contribution in [2.24, 2.45) is 0 Å². The van der Waals surface area contributed by atoms with Crippen LogP contribution in [0.4, 0.5) is 0 Å². The lowest BCUT2D eigenvalue weighted by Crippen LogP contribution is -2.36. The summed E-state index contributed by atoms with van der Waals surface area (Å²) in [5, 5.41) is 7.15. The minimum absolute atomic E-state index is 0.00454. The third-order valence-corrected chi connectivity index (χ3v) is 4.08. The Labute approximate surface area is 136 Å². The van der Waals surface area contributed by atoms with Gasteiger partial charge in [-0.1, -0.05) is 37.6 Å². The van der Waals surface area contributed by atoms with E-state index in [9.17, 15) is 4.79 Å². The second kappa shape index (κ2) is 6.69. The first kappa shape index (κ1) is 15.3. The first-order valence-electron chi connectivity index (χ1n) is 7.90. The number of hydrogen-bond acceptors (Lipinski definition) is 3. The van der Waals surface area contributed by atoms with E-state index in [1.165, 1.54) is 0 Å². The molecule has 5 heteroatoms. The van der Waals surface area contributed by atoms with Crippen molar-refractivity contribution in [2.75, 3.05) is 13.7 Å². The second-order valence-electron chi connectivity index (χ2n) is 5.64. The van der Waals surface area contributed by atoms with Crippen molar-refractivity contribution in [3.63, 3.8) is 0 Å². The number of carbonyl (C=O) groups excluding carboxylic acids is 1. The summed E-state index contributed by atoms with van der Waals surface area (Å²) in [5.74, 6) is 0.764. The molecule has 1 aliphatic heterocycles. The fraction of sp³-hybridized carbons (Fsp3) is 0.333. The van der Waals surface area contributed by atoms with E-state index in [4.69, 9.17) is 4.74 Å². The van der Waals surface area contributed by atoms with E-state index in [0.29, 0.717) is 12.2 Å². The van der Waals surface area contributed by atoms with E-state index >= 15 is 0 Å². The maximum atomic E-state index is 12.7. The monoisotopic (exact) mass is 311 g/mol. The number of amides is 1. The van der Waals surface area contributed by atoms with Crippen LogP contribution in [0.15, 0.2) is 42.5 Å². The van der Waals surface area contributed by atoms with Gasteiger partial charge >= 0.3 is 0 Å². The van der Waals surface area contributed by atoms with Crippen molar-refractivity contribution >= 4 is 5.91 Å². The maximum Gasteiger partial charge on any atom is 0.272 e. The lowest BCUT2D eigenvalue weighted by molar-refractivity contribution is 0.0738. The zero-order valence-corrected chi connectivity index (χ0v) is 13.5. The van der Waals surface area contributed by atoms with Crippen LogP contribution in [0, 0.1) is 0 Å². The zero-order valence-electron chi connectivity index (χ0n) is 13.5. The molecule has 1 aromatic carbocycles. The summed E-state index contributed by atoms with van der Waals surface area (Å²) in [5.41, 5.74) is 2.18. The lowest BCUT2D eigenvalue weighted by atomic mass is 10.1. The van der Waals surface area contributed by atoms with Crippen molar-refractivity contribution in [1.82, 2.24) is 15.1 Å². The smallest absolute Gasteiger partial charge is 0.272 e. The summed E-state index contributed by atoms with van der Waals surface area (Å²) in [4.78, 5) is 14.6. The third-order valence-electron chi connectivity index (χ3n) is 4.08. The average Bonchev–Trinajstić information content (AvgIpc) is 3.24. The van der Waals surface area contributed by atoms with Crippen molar-refractivity contribution in [2.45, 2.75) is 25.8 Å². The molecule has 1 aliphatic rings. The van der Waals surface area contributed by atoms with E-state index in [2.05, 4.69) is 29.3 Å². The molecule has 0 radical (unpaired) electrons. The van der Waals surface area contributed by atoms with Crippen LogP contribution in [0.2, 0.25) is 0 Å². The van der Waals surface area contributed by atoms with Gasteiger partial charge in [-0.25, -0.2) is 0 Å². The second-order valence-corrected chi connectivity index (χ2v) is 5.64. The fourth-order valence-electron chi connectivity index (χ4n) is 2.87. The van der Waals surface area contributed by atoms with Crippen molar-refractivity contribution in [1.29, 1.82) is 0 Å². The van der Waals surface area contributed by atoms with Crippen LogP contribution < -0.4 is 4.74 Å². The van der Waals surface area contributed by atoms with Gasteiger partial charge in [0.1, 0.15) is 11.4 Å². The molecule has 2 heterocycles. The van der Waals surface area contributed by atoms with Crippen LogP contribution in [0.5, 0.6) is 5.75 Å². The summed E-state index contributed by atoms with van der Waals surface area (Å²) in [7, 11) is 1.63. The van der Waals surface area contributed by atoms with E-state index in [0.717, 1.165) is 29.8 Å². The topological polar surface area (TPSA) is 58.2 Å². The van der Waals surface area contributed by atoms with Crippen LogP contribution in [-0.2, 0) is 0 Å². The number of nitrogens with zero attached hydrogens (tertiary/aromatic N) is 2. The lowest BCUT2D eigenvalue weighted by Gasteiger charge is -2.23. The third kappa shape index (κ3) is 3.13. The number of aromatic amines is 1. The van der Waals surface area contributed by atoms with E-state index in [1.807, 2.05) is 29.2 Å². The van der Waals surface area contributed by atoms with E-state index < -0.39 is 0 Å². The molecule has 1 atom stereocenters. The number of nitrogens with one attached hydrogen (secondary N) is 1. The molecule has 0 bridgehead atoms. The molecule has 120 valence electrons. The Hall–Kier alpha value is -2.56. The van der Waals surface area contributed by atoms with E-state index in [-0.39, 0.29) is 11.9 Å². The number of ether oxygens (including phenoxy) is 1. The van der Waals surface area contributed by atoms with E-state index in [1.54, 1.807) is 13.2 Å². The normalized spacial score (nSPS) is 16.8. The molecule has 1 amide bonds.